The minimum Gasteiger partial charge on any atom is -0.394 e. The van der Waals surface area contributed by atoms with Crippen LogP contribution in [0.25, 0.3) is 22.1 Å². The van der Waals surface area contributed by atoms with Crippen LogP contribution in [-0.4, -0.2) is 105 Å². The van der Waals surface area contributed by atoms with E-state index in [1.54, 1.807) is 18.5 Å². The second kappa shape index (κ2) is 13.9. The number of para-hydroxylation sites is 1. The topological polar surface area (TPSA) is 201 Å². The summed E-state index contributed by atoms with van der Waals surface area (Å²) in [7, 11) is 1.55. The Bertz CT molecular complexity index is 1940. The fraction of sp³-hybridized carbons (Fsp3) is 0.484. The maximum Gasteiger partial charge on any atom is 0.332 e. The van der Waals surface area contributed by atoms with Crippen molar-refractivity contribution in [2.24, 2.45) is 7.05 Å². The maximum absolute atomic E-state index is 14.0. The molecule has 46 heavy (non-hydrogen) atoms. The highest BCUT2D eigenvalue weighted by Crippen LogP contribution is 2.23. The lowest BCUT2D eigenvalue weighted by atomic mass is 10.0. The number of fused-ring (bicyclic) bond motifs is 2. The molecule has 1 saturated heterocycles. The van der Waals surface area contributed by atoms with Crippen molar-refractivity contribution in [1.82, 2.24) is 34.0 Å². The number of benzene rings is 1. The standard InChI is InChI=1S/C31H38N8O7/c1-4-5-13-38-25-28(35-30(38)37-12-8-9-19(15-37)32-14-22(41)26(43)27(44)23(42)17-40)36(3)31(46)39(29(25)45)16-24-33-18(2)20-10-6-7-11-21(20)34-24/h6-7,10-11,19,23,26-27,32,40,42-44H,8-9,12-17H2,1-3H3/t19-,23?,26?,27?/m1/s1. The van der Waals surface area contributed by atoms with Crippen molar-refractivity contribution in [2.45, 2.75) is 64.1 Å². The number of ketones is 1. The lowest BCUT2D eigenvalue weighted by molar-refractivity contribution is -0.139. The van der Waals surface area contributed by atoms with Gasteiger partial charge in [0.05, 0.1) is 31.8 Å². The number of carbonyl (C=O) groups excluding carboxylic acids is 1. The van der Waals surface area contributed by atoms with E-state index < -0.39 is 42.0 Å². The lowest BCUT2D eigenvalue weighted by Crippen LogP contribution is -2.51. The van der Waals surface area contributed by atoms with E-state index in [4.69, 9.17) is 10.1 Å². The summed E-state index contributed by atoms with van der Waals surface area (Å²) in [5.41, 5.74) is 0.764. The Kier molecular flexibility index (Phi) is 9.94. The first-order valence-electron chi connectivity index (χ1n) is 15.0. The Hall–Kier alpha value is -4.46. The first-order chi connectivity index (χ1) is 22.0. The third kappa shape index (κ3) is 6.43. The number of Topliss-reactive ketones (excluding diaryl/α,β-unsaturated/α-hetero) is 1. The maximum atomic E-state index is 14.0. The number of nitrogens with one attached hydrogen (secondary N) is 1. The smallest absolute Gasteiger partial charge is 0.332 e. The summed E-state index contributed by atoms with van der Waals surface area (Å²) in [6.45, 7) is 3.46. The van der Waals surface area contributed by atoms with Gasteiger partial charge < -0.3 is 30.6 Å². The molecule has 4 atom stereocenters. The van der Waals surface area contributed by atoms with Gasteiger partial charge >= 0.3 is 5.69 Å². The Labute approximate surface area is 263 Å². The fourth-order valence-corrected chi connectivity index (χ4v) is 5.74. The second-order valence-corrected chi connectivity index (χ2v) is 11.4. The van der Waals surface area contributed by atoms with Crippen molar-refractivity contribution in [1.29, 1.82) is 0 Å². The van der Waals surface area contributed by atoms with Crippen LogP contribution in [-0.2, 0) is 24.9 Å². The highest BCUT2D eigenvalue weighted by Gasteiger charge is 2.31. The zero-order chi connectivity index (χ0) is 33.1. The predicted molar refractivity (Wildman–Crippen MR) is 169 cm³/mol. The number of piperidine rings is 1. The van der Waals surface area contributed by atoms with Crippen LogP contribution in [0.1, 0.15) is 31.3 Å². The number of hydrogen-bond acceptors (Lipinski definition) is 12. The number of aliphatic hydroxyl groups excluding tert-OH is 4. The molecule has 0 radical (unpaired) electrons. The molecular weight excluding hydrogens is 596 g/mol. The van der Waals surface area contributed by atoms with E-state index in [0.29, 0.717) is 43.2 Å². The Morgan fingerprint density at radius 1 is 1.13 bits per heavy atom. The summed E-state index contributed by atoms with van der Waals surface area (Å²) in [5, 5.41) is 42.5. The molecule has 4 aromatic rings. The number of rotatable bonds is 11. The number of nitrogens with zero attached hydrogens (tertiary/aromatic N) is 7. The third-order valence-electron chi connectivity index (χ3n) is 8.27. The monoisotopic (exact) mass is 634 g/mol. The van der Waals surface area contributed by atoms with Crippen LogP contribution in [0.3, 0.4) is 0 Å². The highest BCUT2D eigenvalue weighted by molar-refractivity contribution is 5.85. The number of aromatic nitrogens is 6. The van der Waals surface area contributed by atoms with E-state index in [9.17, 15) is 29.7 Å². The van der Waals surface area contributed by atoms with E-state index in [-0.39, 0.29) is 36.8 Å². The van der Waals surface area contributed by atoms with Gasteiger partial charge in [0.25, 0.3) is 5.56 Å². The first-order valence-corrected chi connectivity index (χ1v) is 15.0. The van der Waals surface area contributed by atoms with Crippen LogP contribution in [0, 0.1) is 18.8 Å². The molecule has 0 bridgehead atoms. The molecule has 0 aliphatic carbocycles. The molecule has 5 rings (SSSR count). The second-order valence-electron chi connectivity index (χ2n) is 11.4. The summed E-state index contributed by atoms with van der Waals surface area (Å²) in [6.07, 6.45) is -3.90. The van der Waals surface area contributed by atoms with Gasteiger partial charge in [0, 0.05) is 37.3 Å². The van der Waals surface area contributed by atoms with Crippen LogP contribution in [0.5, 0.6) is 0 Å². The zero-order valence-electron chi connectivity index (χ0n) is 25.9. The van der Waals surface area contributed by atoms with E-state index in [2.05, 4.69) is 27.1 Å². The van der Waals surface area contributed by atoms with Gasteiger partial charge in [-0.25, -0.2) is 14.8 Å². The summed E-state index contributed by atoms with van der Waals surface area (Å²) < 4.78 is 4.13. The summed E-state index contributed by atoms with van der Waals surface area (Å²) in [6, 6.07) is 7.31. The average molecular weight is 635 g/mol. The van der Waals surface area contributed by atoms with Gasteiger partial charge in [-0.05, 0) is 32.8 Å². The molecule has 1 aromatic carbocycles. The van der Waals surface area contributed by atoms with Crippen LogP contribution in [0.15, 0.2) is 33.9 Å². The van der Waals surface area contributed by atoms with E-state index in [0.717, 1.165) is 15.6 Å². The van der Waals surface area contributed by atoms with Crippen molar-refractivity contribution in [3.63, 3.8) is 0 Å². The quantitative estimate of drug-likeness (QED) is 0.119. The van der Waals surface area contributed by atoms with Gasteiger partial charge in [-0.15, -0.1) is 5.92 Å². The summed E-state index contributed by atoms with van der Waals surface area (Å²) in [5.74, 6) is 5.90. The lowest BCUT2D eigenvalue weighted by Gasteiger charge is -2.34. The van der Waals surface area contributed by atoms with E-state index in [1.165, 1.54) is 4.57 Å². The predicted octanol–water partition coefficient (Wildman–Crippen LogP) is -1.58. The molecule has 0 saturated carbocycles. The Morgan fingerprint density at radius 3 is 2.63 bits per heavy atom. The van der Waals surface area contributed by atoms with Gasteiger partial charge in [0.1, 0.15) is 24.1 Å². The van der Waals surface area contributed by atoms with E-state index >= 15 is 0 Å². The first kappa shape index (κ1) is 32.9. The van der Waals surface area contributed by atoms with Gasteiger partial charge in [0.15, 0.2) is 16.9 Å². The molecule has 3 aromatic heterocycles. The summed E-state index contributed by atoms with van der Waals surface area (Å²) >= 11 is 0. The normalized spacial score (nSPS) is 17.1. The highest BCUT2D eigenvalue weighted by atomic mass is 16.4. The molecule has 244 valence electrons. The minimum absolute atomic E-state index is 0.132. The number of imidazole rings is 1. The number of aryl methyl sites for hydroxylation is 2. The molecule has 15 heteroatoms. The van der Waals surface area contributed by atoms with Gasteiger partial charge in [-0.3, -0.25) is 23.3 Å². The van der Waals surface area contributed by atoms with Crippen molar-refractivity contribution < 1.29 is 25.2 Å². The van der Waals surface area contributed by atoms with Crippen molar-refractivity contribution in [2.75, 3.05) is 31.1 Å². The molecular formula is C31H38N8O7. The largest absolute Gasteiger partial charge is 0.394 e. The number of carbonyl (C=O) groups is 1. The van der Waals surface area contributed by atoms with Crippen molar-refractivity contribution in [3.8, 4) is 11.8 Å². The van der Waals surface area contributed by atoms with Gasteiger partial charge in [-0.2, -0.15) is 4.98 Å². The number of hydrogen-bond donors (Lipinski definition) is 5. The molecule has 1 aliphatic heterocycles. The summed E-state index contributed by atoms with van der Waals surface area (Å²) in [4.78, 5) is 55.8. The fourth-order valence-electron chi connectivity index (χ4n) is 5.74. The molecule has 1 fully saturated rings. The molecule has 15 nitrogen and oxygen atoms in total. The molecule has 3 unspecified atom stereocenters. The Balaban J connectivity index is 1.46. The molecule has 4 heterocycles. The number of anilines is 1. The third-order valence-corrected chi connectivity index (χ3v) is 8.27. The van der Waals surface area contributed by atoms with Gasteiger partial charge in [-0.1, -0.05) is 24.1 Å². The van der Waals surface area contributed by atoms with Crippen molar-refractivity contribution >= 4 is 33.8 Å². The Morgan fingerprint density at radius 2 is 1.89 bits per heavy atom. The molecule has 5 N–H and O–H groups in total. The number of aliphatic hydroxyl groups is 4. The molecule has 0 amide bonds. The van der Waals surface area contributed by atoms with Crippen LogP contribution < -0.4 is 21.5 Å². The van der Waals surface area contributed by atoms with Crippen LogP contribution >= 0.6 is 0 Å². The average Bonchev–Trinajstić information content (AvgIpc) is 3.46. The van der Waals surface area contributed by atoms with Crippen LogP contribution in [0.2, 0.25) is 0 Å². The molecule has 1 aliphatic rings. The van der Waals surface area contributed by atoms with E-state index in [1.807, 2.05) is 36.1 Å². The minimum atomic E-state index is -1.86. The van der Waals surface area contributed by atoms with Gasteiger partial charge in [0.2, 0.25) is 5.95 Å². The molecule has 0 spiro atoms. The zero-order valence-corrected chi connectivity index (χ0v) is 25.9. The van der Waals surface area contributed by atoms with Crippen LogP contribution in [0.4, 0.5) is 5.95 Å². The van der Waals surface area contributed by atoms with Crippen molar-refractivity contribution in [3.05, 3.63) is 56.6 Å². The SMILES string of the molecule is CC#CCn1c(N2CCC[C@@H](NCC(=O)C(O)C(O)C(O)CO)C2)nc2c1c(=O)n(Cc1nc(C)c3ccccc3n1)c(=O)n2C.